The Hall–Kier alpha value is 0.390. The maximum Gasteiger partial charge on any atom is 0.167 e. The van der Waals surface area contributed by atoms with Crippen LogP contribution in [-0.2, 0) is 9.47 Å². The molecule has 0 saturated carbocycles. The average molecular weight is 324 g/mol. The molecule has 1 rings (SSSR count). The van der Waals surface area contributed by atoms with Gasteiger partial charge in [0.25, 0.3) is 0 Å². The minimum absolute atomic E-state index is 0.0855. The summed E-state index contributed by atoms with van der Waals surface area (Å²) in [5.74, 6) is 0. The molecule has 1 aliphatic carbocycles. The maximum atomic E-state index is 5.97. The maximum absolute atomic E-state index is 5.97. The van der Waals surface area contributed by atoms with Crippen molar-refractivity contribution < 1.29 is 9.47 Å². The second-order valence-electron chi connectivity index (χ2n) is 4.95. The fourth-order valence-electron chi connectivity index (χ4n) is 1.67. The predicted octanol–water partition coefficient (Wildman–Crippen LogP) is 3.54. The number of halogens is 1. The lowest BCUT2D eigenvalue weighted by atomic mass is 9.88. The van der Waals surface area contributed by atoms with Crippen molar-refractivity contribution in [1.29, 1.82) is 0 Å². The van der Waals surface area contributed by atoms with E-state index in [4.69, 9.17) is 9.47 Å². The predicted molar refractivity (Wildman–Crippen MR) is 71.3 cm³/mol. The van der Waals surface area contributed by atoms with Crippen molar-refractivity contribution in [3.05, 3.63) is 12.2 Å². The highest BCUT2D eigenvalue weighted by Crippen LogP contribution is 2.35. The molecule has 3 heteroatoms. The molecule has 0 saturated heterocycles. The van der Waals surface area contributed by atoms with Crippen molar-refractivity contribution in [3.8, 4) is 0 Å². The number of alkyl halides is 1. The third-order valence-corrected chi connectivity index (χ3v) is 3.29. The van der Waals surface area contributed by atoms with Crippen LogP contribution in [0, 0.1) is 5.41 Å². The third kappa shape index (κ3) is 4.04. The van der Waals surface area contributed by atoms with Crippen LogP contribution in [0.4, 0.5) is 0 Å². The van der Waals surface area contributed by atoms with Gasteiger partial charge in [-0.2, -0.15) is 0 Å². The summed E-state index contributed by atoms with van der Waals surface area (Å²) in [4.78, 5) is 0. The lowest BCUT2D eigenvalue weighted by Crippen LogP contribution is -2.34. The van der Waals surface area contributed by atoms with E-state index in [-0.39, 0.29) is 23.9 Å². The number of rotatable bonds is 5. The van der Waals surface area contributed by atoms with E-state index in [1.165, 1.54) is 0 Å². The lowest BCUT2D eigenvalue weighted by Gasteiger charge is -2.30. The smallest absolute Gasteiger partial charge is 0.167 e. The molecule has 0 aromatic rings. The molecule has 0 N–H and O–H groups in total. The molecule has 15 heavy (non-hydrogen) atoms. The van der Waals surface area contributed by atoms with Crippen LogP contribution in [0.5, 0.6) is 0 Å². The molecule has 0 bridgehead atoms. The fraction of sp³-hybridized carbons (Fsp3) is 0.833. The van der Waals surface area contributed by atoms with Crippen LogP contribution in [-0.4, -0.2) is 22.9 Å². The summed E-state index contributed by atoms with van der Waals surface area (Å²) in [7, 11) is 0. The molecule has 0 aliphatic heterocycles. The van der Waals surface area contributed by atoms with E-state index in [0.29, 0.717) is 0 Å². The number of ether oxygens (including phenoxy) is 2. The molecule has 88 valence electrons. The minimum Gasteiger partial charge on any atom is -0.349 e. The summed E-state index contributed by atoms with van der Waals surface area (Å²) < 4.78 is 12.5. The number of allylic oxidation sites excluding steroid dienone is 1. The summed E-state index contributed by atoms with van der Waals surface area (Å²) >= 11 is 2.31. The third-order valence-electron chi connectivity index (χ3n) is 2.57. The first-order chi connectivity index (χ1) is 6.95. The number of hydrogen-bond acceptors (Lipinski definition) is 2. The van der Waals surface area contributed by atoms with Crippen molar-refractivity contribution >= 4 is 22.6 Å². The summed E-state index contributed by atoms with van der Waals surface area (Å²) in [6.07, 6.45) is 5.77. The molecule has 2 unspecified atom stereocenters. The van der Waals surface area contributed by atoms with E-state index in [2.05, 4.69) is 48.6 Å². The highest BCUT2D eigenvalue weighted by atomic mass is 127. The highest BCUT2D eigenvalue weighted by molar-refractivity contribution is 14.1. The Balaban J connectivity index is 2.48. The van der Waals surface area contributed by atoms with Gasteiger partial charge in [-0.15, -0.1) is 0 Å². The highest BCUT2D eigenvalue weighted by Gasteiger charge is 2.33. The SMILES string of the molecule is CC(C)OC(CI)OC1C=CCC1(C)C. The quantitative estimate of drug-likeness (QED) is 0.333. The summed E-state index contributed by atoms with van der Waals surface area (Å²) in [5, 5.41) is 0. The van der Waals surface area contributed by atoms with Crippen LogP contribution >= 0.6 is 22.6 Å². The topological polar surface area (TPSA) is 18.5 Å². The Labute approximate surface area is 107 Å². The van der Waals surface area contributed by atoms with Crippen LogP contribution in [0.3, 0.4) is 0 Å². The fourth-order valence-corrected chi connectivity index (χ4v) is 2.09. The monoisotopic (exact) mass is 324 g/mol. The Morgan fingerprint density at radius 2 is 2.13 bits per heavy atom. The molecule has 0 aromatic heterocycles. The molecule has 0 spiro atoms. The van der Waals surface area contributed by atoms with E-state index < -0.39 is 0 Å². The first-order valence-corrected chi connectivity index (χ1v) is 7.02. The van der Waals surface area contributed by atoms with Gasteiger partial charge in [-0.1, -0.05) is 48.6 Å². The van der Waals surface area contributed by atoms with E-state index in [0.717, 1.165) is 10.8 Å². The zero-order valence-corrected chi connectivity index (χ0v) is 12.2. The normalized spacial score (nSPS) is 26.1. The van der Waals surface area contributed by atoms with Gasteiger partial charge in [0.2, 0.25) is 0 Å². The Bertz CT molecular complexity index is 224. The summed E-state index contributed by atoms with van der Waals surface area (Å²) in [6.45, 7) is 8.55. The van der Waals surface area contributed by atoms with E-state index >= 15 is 0 Å². The molecule has 2 nitrogen and oxygen atoms in total. The van der Waals surface area contributed by atoms with Crippen LogP contribution in [0.1, 0.15) is 34.1 Å². The minimum atomic E-state index is -0.0855. The van der Waals surface area contributed by atoms with Crippen LogP contribution in [0.15, 0.2) is 12.2 Å². The first-order valence-electron chi connectivity index (χ1n) is 5.49. The van der Waals surface area contributed by atoms with Crippen molar-refractivity contribution in [2.24, 2.45) is 5.41 Å². The summed E-state index contributed by atoms with van der Waals surface area (Å²) in [6, 6.07) is 0. The molecule has 0 heterocycles. The molecular weight excluding hydrogens is 303 g/mol. The van der Waals surface area contributed by atoms with Gasteiger partial charge in [0.1, 0.15) is 0 Å². The molecule has 0 radical (unpaired) electrons. The zero-order valence-electron chi connectivity index (χ0n) is 10.00. The van der Waals surface area contributed by atoms with Gasteiger partial charge in [-0.25, -0.2) is 0 Å². The van der Waals surface area contributed by atoms with Gasteiger partial charge in [0, 0.05) is 0 Å². The molecular formula is C12H21IO2. The standard InChI is InChI=1S/C12H21IO2/c1-9(2)14-11(8-13)15-10-6-5-7-12(10,3)4/h5-6,9-11H,7-8H2,1-4H3. The van der Waals surface area contributed by atoms with E-state index in [9.17, 15) is 0 Å². The van der Waals surface area contributed by atoms with Gasteiger partial charge < -0.3 is 9.47 Å². The molecule has 0 aromatic carbocycles. The Morgan fingerprint density at radius 3 is 2.53 bits per heavy atom. The van der Waals surface area contributed by atoms with Gasteiger partial charge in [-0.3, -0.25) is 0 Å². The van der Waals surface area contributed by atoms with Gasteiger partial charge >= 0.3 is 0 Å². The van der Waals surface area contributed by atoms with E-state index in [1.54, 1.807) is 0 Å². The largest absolute Gasteiger partial charge is 0.349 e. The van der Waals surface area contributed by atoms with Crippen LogP contribution in [0.25, 0.3) is 0 Å². The molecule has 0 fully saturated rings. The Kier molecular flexibility index (Phi) is 5.06. The van der Waals surface area contributed by atoms with E-state index in [1.807, 2.05) is 13.8 Å². The van der Waals surface area contributed by atoms with Crippen molar-refractivity contribution in [2.45, 2.75) is 52.6 Å². The van der Waals surface area contributed by atoms with Crippen LogP contribution in [0.2, 0.25) is 0 Å². The first kappa shape index (κ1) is 13.5. The second-order valence-corrected chi connectivity index (χ2v) is 5.83. The van der Waals surface area contributed by atoms with Crippen molar-refractivity contribution in [2.75, 3.05) is 4.43 Å². The van der Waals surface area contributed by atoms with Crippen molar-refractivity contribution in [1.82, 2.24) is 0 Å². The van der Waals surface area contributed by atoms with Gasteiger partial charge in [-0.05, 0) is 25.7 Å². The molecule has 0 amide bonds. The lowest BCUT2D eigenvalue weighted by molar-refractivity contribution is -0.179. The average Bonchev–Trinajstić information content (AvgIpc) is 2.44. The summed E-state index contributed by atoms with van der Waals surface area (Å²) in [5.41, 5.74) is 0.213. The molecule has 2 atom stereocenters. The van der Waals surface area contributed by atoms with Gasteiger partial charge in [0.05, 0.1) is 16.6 Å². The zero-order chi connectivity index (χ0) is 11.5. The Morgan fingerprint density at radius 1 is 1.47 bits per heavy atom. The number of hydrogen-bond donors (Lipinski definition) is 0. The van der Waals surface area contributed by atoms with Crippen molar-refractivity contribution in [3.63, 3.8) is 0 Å². The molecule has 1 aliphatic rings. The second kappa shape index (κ2) is 5.64. The van der Waals surface area contributed by atoms with Gasteiger partial charge in [0.15, 0.2) is 6.29 Å². The van der Waals surface area contributed by atoms with Crippen LogP contribution < -0.4 is 0 Å².